The molecule has 3 aromatic rings. The standard InChI is InChI=1S/C19H16F2N4O3/c20-11-1-2-17(23-9-11)25-10-13(19(27)28)18(26)12-7-14(21)16(8-15(12)25)24-5-3-22-4-6-24/h1-2,7-10,22H,3-6H2,(H,27,28). The van der Waals surface area contributed by atoms with Crippen molar-refractivity contribution in [2.45, 2.75) is 0 Å². The van der Waals surface area contributed by atoms with E-state index in [1.54, 1.807) is 0 Å². The molecule has 4 rings (SSSR count). The molecule has 0 amide bonds. The minimum absolute atomic E-state index is 0.0811. The molecule has 1 aliphatic heterocycles. The minimum Gasteiger partial charge on any atom is -0.477 e. The molecule has 0 atom stereocenters. The molecule has 0 unspecified atom stereocenters. The SMILES string of the molecule is O=C(O)c1cn(-c2ccc(F)cn2)c2cc(N3CCNCC3)c(F)cc2c1=O. The molecule has 144 valence electrons. The number of carboxylic acid groups (broad SMARTS) is 1. The molecule has 9 heteroatoms. The van der Waals surface area contributed by atoms with E-state index in [0.717, 1.165) is 18.5 Å². The van der Waals surface area contributed by atoms with Gasteiger partial charge in [-0.25, -0.2) is 18.6 Å². The highest BCUT2D eigenvalue weighted by Gasteiger charge is 2.21. The van der Waals surface area contributed by atoms with Crippen molar-refractivity contribution in [3.05, 3.63) is 64.1 Å². The molecule has 2 N–H and O–H groups in total. The van der Waals surface area contributed by atoms with Crippen LogP contribution in [0.25, 0.3) is 16.7 Å². The number of aromatic carboxylic acids is 1. The average Bonchev–Trinajstić information content (AvgIpc) is 2.69. The monoisotopic (exact) mass is 386 g/mol. The number of pyridine rings is 2. The number of hydrogen-bond donors (Lipinski definition) is 2. The molecule has 2 aromatic heterocycles. The van der Waals surface area contributed by atoms with Gasteiger partial charge in [0.1, 0.15) is 23.0 Å². The fraction of sp³-hybridized carbons (Fsp3) is 0.211. The molecule has 1 fully saturated rings. The first kappa shape index (κ1) is 18.1. The Morgan fingerprint density at radius 1 is 1.18 bits per heavy atom. The third kappa shape index (κ3) is 3.09. The Hall–Kier alpha value is -3.33. The van der Waals surface area contributed by atoms with E-state index in [4.69, 9.17) is 0 Å². The highest BCUT2D eigenvalue weighted by molar-refractivity contribution is 5.94. The Balaban J connectivity index is 2.01. The van der Waals surface area contributed by atoms with Gasteiger partial charge in [0, 0.05) is 32.4 Å². The summed E-state index contributed by atoms with van der Waals surface area (Å²) >= 11 is 0. The number of aromatic nitrogens is 2. The van der Waals surface area contributed by atoms with Crippen LogP contribution in [0.4, 0.5) is 14.5 Å². The number of fused-ring (bicyclic) bond motifs is 1. The second-order valence-corrected chi connectivity index (χ2v) is 6.44. The van der Waals surface area contributed by atoms with Gasteiger partial charge >= 0.3 is 5.97 Å². The highest BCUT2D eigenvalue weighted by atomic mass is 19.1. The summed E-state index contributed by atoms with van der Waals surface area (Å²) in [7, 11) is 0. The number of halogens is 2. The molecule has 7 nitrogen and oxygen atoms in total. The first-order chi connectivity index (χ1) is 13.5. The molecule has 0 spiro atoms. The molecule has 0 bridgehead atoms. The molecule has 1 aromatic carbocycles. The van der Waals surface area contributed by atoms with Crippen LogP contribution in [0.5, 0.6) is 0 Å². The van der Waals surface area contributed by atoms with Crippen LogP contribution in [0.15, 0.2) is 41.5 Å². The number of piperazine rings is 1. The van der Waals surface area contributed by atoms with E-state index in [1.165, 1.54) is 22.8 Å². The Bertz CT molecular complexity index is 1120. The lowest BCUT2D eigenvalue weighted by molar-refractivity contribution is 0.0695. The van der Waals surface area contributed by atoms with E-state index >= 15 is 0 Å². The summed E-state index contributed by atoms with van der Waals surface area (Å²) in [5, 5.41) is 12.5. The van der Waals surface area contributed by atoms with E-state index in [1.807, 2.05) is 4.90 Å². The maximum absolute atomic E-state index is 14.8. The van der Waals surface area contributed by atoms with Gasteiger partial charge in [0.15, 0.2) is 0 Å². The quantitative estimate of drug-likeness (QED) is 0.714. The predicted octanol–water partition coefficient (Wildman–Crippen LogP) is 1.77. The molecule has 1 aliphatic rings. The summed E-state index contributed by atoms with van der Waals surface area (Å²) in [4.78, 5) is 29.9. The van der Waals surface area contributed by atoms with Gasteiger partial charge in [-0.3, -0.25) is 4.79 Å². The summed E-state index contributed by atoms with van der Waals surface area (Å²) in [6.45, 7) is 2.58. The van der Waals surface area contributed by atoms with Gasteiger partial charge in [0.2, 0.25) is 5.43 Å². The van der Waals surface area contributed by atoms with Gasteiger partial charge in [-0.1, -0.05) is 0 Å². The fourth-order valence-corrected chi connectivity index (χ4v) is 3.33. The summed E-state index contributed by atoms with van der Waals surface area (Å²) in [6, 6.07) is 5.10. The van der Waals surface area contributed by atoms with Crippen LogP contribution in [-0.2, 0) is 0 Å². The van der Waals surface area contributed by atoms with Gasteiger partial charge in [-0.15, -0.1) is 0 Å². The van der Waals surface area contributed by atoms with E-state index < -0.39 is 28.6 Å². The van der Waals surface area contributed by atoms with Crippen LogP contribution in [0.3, 0.4) is 0 Å². The largest absolute Gasteiger partial charge is 0.477 e. The van der Waals surface area contributed by atoms with Gasteiger partial charge in [0.25, 0.3) is 0 Å². The second-order valence-electron chi connectivity index (χ2n) is 6.44. The van der Waals surface area contributed by atoms with Gasteiger partial charge in [-0.2, -0.15) is 0 Å². The van der Waals surface area contributed by atoms with Crippen molar-refractivity contribution in [3.63, 3.8) is 0 Å². The molecule has 0 radical (unpaired) electrons. The Morgan fingerprint density at radius 3 is 2.57 bits per heavy atom. The number of rotatable bonds is 3. The van der Waals surface area contributed by atoms with Gasteiger partial charge < -0.3 is 19.9 Å². The van der Waals surface area contributed by atoms with E-state index in [0.29, 0.717) is 37.4 Å². The lowest BCUT2D eigenvalue weighted by atomic mass is 10.1. The zero-order valence-electron chi connectivity index (χ0n) is 14.7. The average molecular weight is 386 g/mol. The molecule has 0 saturated carbocycles. The van der Waals surface area contributed by atoms with E-state index in [2.05, 4.69) is 10.3 Å². The van der Waals surface area contributed by atoms with Gasteiger partial charge in [-0.05, 0) is 24.3 Å². The molecule has 0 aliphatic carbocycles. The summed E-state index contributed by atoms with van der Waals surface area (Å²) in [5.41, 5.74) is -0.698. The lowest BCUT2D eigenvalue weighted by Gasteiger charge is -2.30. The number of carboxylic acids is 1. The summed E-state index contributed by atoms with van der Waals surface area (Å²) in [6.07, 6.45) is 2.12. The van der Waals surface area contributed by atoms with Crippen molar-refractivity contribution in [3.8, 4) is 5.82 Å². The minimum atomic E-state index is -1.44. The van der Waals surface area contributed by atoms with Crippen LogP contribution in [0.2, 0.25) is 0 Å². The number of anilines is 1. The third-order valence-corrected chi connectivity index (χ3v) is 4.72. The molecular weight excluding hydrogens is 370 g/mol. The maximum atomic E-state index is 14.8. The lowest BCUT2D eigenvalue weighted by Crippen LogP contribution is -2.43. The zero-order chi connectivity index (χ0) is 19.8. The van der Waals surface area contributed by atoms with Crippen molar-refractivity contribution in [2.24, 2.45) is 0 Å². The normalized spacial score (nSPS) is 14.4. The second kappa shape index (κ2) is 7.01. The smallest absolute Gasteiger partial charge is 0.341 e. The van der Waals surface area contributed by atoms with Crippen molar-refractivity contribution < 1.29 is 18.7 Å². The number of nitrogens with one attached hydrogen (secondary N) is 1. The van der Waals surface area contributed by atoms with Crippen LogP contribution in [0.1, 0.15) is 10.4 Å². The Morgan fingerprint density at radius 2 is 1.93 bits per heavy atom. The first-order valence-electron chi connectivity index (χ1n) is 8.65. The molecule has 28 heavy (non-hydrogen) atoms. The fourth-order valence-electron chi connectivity index (χ4n) is 3.33. The molecule has 3 heterocycles. The van der Waals surface area contributed by atoms with Crippen LogP contribution < -0.4 is 15.6 Å². The van der Waals surface area contributed by atoms with Crippen LogP contribution >= 0.6 is 0 Å². The number of benzene rings is 1. The highest BCUT2D eigenvalue weighted by Crippen LogP contribution is 2.27. The van der Waals surface area contributed by atoms with Crippen molar-refractivity contribution >= 4 is 22.6 Å². The number of nitrogens with zero attached hydrogens (tertiary/aromatic N) is 3. The predicted molar refractivity (Wildman–Crippen MR) is 99.3 cm³/mol. The van der Waals surface area contributed by atoms with Crippen LogP contribution in [0, 0.1) is 11.6 Å². The number of hydrogen-bond acceptors (Lipinski definition) is 5. The van der Waals surface area contributed by atoms with E-state index in [9.17, 15) is 23.5 Å². The molecule has 1 saturated heterocycles. The topological polar surface area (TPSA) is 87.5 Å². The summed E-state index contributed by atoms with van der Waals surface area (Å²) in [5.74, 6) is -2.38. The van der Waals surface area contributed by atoms with Crippen molar-refractivity contribution in [1.82, 2.24) is 14.9 Å². The summed E-state index contributed by atoms with van der Waals surface area (Å²) < 4.78 is 29.4. The van der Waals surface area contributed by atoms with Crippen LogP contribution in [-0.4, -0.2) is 46.8 Å². The number of carbonyl (C=O) groups is 1. The maximum Gasteiger partial charge on any atom is 0.341 e. The van der Waals surface area contributed by atoms with E-state index in [-0.39, 0.29) is 11.2 Å². The van der Waals surface area contributed by atoms with Gasteiger partial charge in [0.05, 0.1) is 22.8 Å². The Kier molecular flexibility index (Phi) is 4.52. The Labute approximate surface area is 157 Å². The van der Waals surface area contributed by atoms with Crippen molar-refractivity contribution in [1.29, 1.82) is 0 Å². The zero-order valence-corrected chi connectivity index (χ0v) is 14.7. The third-order valence-electron chi connectivity index (χ3n) is 4.72. The molecular formula is C19H16F2N4O3. The van der Waals surface area contributed by atoms with Crippen molar-refractivity contribution in [2.75, 3.05) is 31.1 Å². The first-order valence-corrected chi connectivity index (χ1v) is 8.65.